The van der Waals surface area contributed by atoms with Crippen molar-refractivity contribution in [3.63, 3.8) is 0 Å². The van der Waals surface area contributed by atoms with Crippen LogP contribution in [0.1, 0.15) is 62.8 Å². The second kappa shape index (κ2) is 5.77. The molecule has 1 saturated carbocycles. The van der Waals surface area contributed by atoms with Crippen LogP contribution in [0.25, 0.3) is 0 Å². The van der Waals surface area contributed by atoms with Crippen LogP contribution in [0.3, 0.4) is 0 Å². The number of rotatable bonds is 4. The zero-order chi connectivity index (χ0) is 14.9. The van der Waals surface area contributed by atoms with Gasteiger partial charge in [0.05, 0.1) is 11.9 Å². The Balaban J connectivity index is 2.25. The lowest BCUT2D eigenvalue weighted by Crippen LogP contribution is -2.26. The van der Waals surface area contributed by atoms with Crippen molar-refractivity contribution in [2.45, 2.75) is 52.5 Å². The molecule has 0 aromatic carbocycles. The zero-order valence-electron chi connectivity index (χ0n) is 12.6. The summed E-state index contributed by atoms with van der Waals surface area (Å²) in [6.07, 6.45) is 3.85. The molecule has 1 heterocycles. The molecular formula is C15H23N3O2. The van der Waals surface area contributed by atoms with Crippen LogP contribution in [0.5, 0.6) is 0 Å². The Morgan fingerprint density at radius 1 is 1.40 bits per heavy atom. The molecule has 5 heteroatoms. The Morgan fingerprint density at radius 2 is 2.10 bits per heavy atom. The molecule has 0 amide bonds. The molecule has 1 aromatic rings. The van der Waals surface area contributed by atoms with E-state index >= 15 is 0 Å². The topological polar surface area (TPSA) is 75.1 Å². The van der Waals surface area contributed by atoms with Crippen LogP contribution in [0, 0.1) is 11.8 Å². The van der Waals surface area contributed by atoms with Gasteiger partial charge in [-0.25, -0.2) is 14.8 Å². The van der Waals surface area contributed by atoms with E-state index in [1.165, 1.54) is 6.42 Å². The van der Waals surface area contributed by atoms with Crippen molar-refractivity contribution in [1.29, 1.82) is 0 Å². The molecule has 3 unspecified atom stereocenters. The summed E-state index contributed by atoms with van der Waals surface area (Å²) in [6.45, 7) is 8.35. The second-order valence-electron chi connectivity index (χ2n) is 6.11. The molecule has 1 fully saturated rings. The van der Waals surface area contributed by atoms with Gasteiger partial charge in [0.25, 0.3) is 0 Å². The largest absolute Gasteiger partial charge is 0.476 e. The van der Waals surface area contributed by atoms with E-state index in [0.717, 1.165) is 6.42 Å². The number of aromatic nitrogens is 2. The van der Waals surface area contributed by atoms with Gasteiger partial charge in [-0.1, -0.05) is 27.7 Å². The van der Waals surface area contributed by atoms with Crippen molar-refractivity contribution in [2.24, 2.45) is 11.8 Å². The number of anilines is 1. The van der Waals surface area contributed by atoms with Crippen molar-refractivity contribution in [1.82, 2.24) is 9.97 Å². The van der Waals surface area contributed by atoms with E-state index in [0.29, 0.717) is 29.4 Å². The van der Waals surface area contributed by atoms with E-state index in [4.69, 9.17) is 0 Å². The first kappa shape index (κ1) is 14.8. The molecule has 1 aromatic heterocycles. The van der Waals surface area contributed by atoms with Crippen LogP contribution in [-0.2, 0) is 0 Å². The van der Waals surface area contributed by atoms with E-state index < -0.39 is 5.97 Å². The van der Waals surface area contributed by atoms with Gasteiger partial charge in [0.2, 0.25) is 0 Å². The third kappa shape index (κ3) is 2.92. The molecule has 20 heavy (non-hydrogen) atoms. The van der Waals surface area contributed by atoms with Crippen LogP contribution in [0.15, 0.2) is 6.20 Å². The zero-order valence-corrected chi connectivity index (χ0v) is 12.6. The molecule has 2 rings (SSSR count). The molecular weight excluding hydrogens is 254 g/mol. The molecule has 1 aliphatic rings. The minimum Gasteiger partial charge on any atom is -0.476 e. The minimum atomic E-state index is -1.00. The Labute approximate surface area is 119 Å². The molecule has 2 N–H and O–H groups in total. The molecule has 110 valence electrons. The number of hydrogen-bond donors (Lipinski definition) is 2. The van der Waals surface area contributed by atoms with Crippen LogP contribution in [0.4, 0.5) is 5.69 Å². The summed E-state index contributed by atoms with van der Waals surface area (Å²) in [5.41, 5.74) is 0.614. The van der Waals surface area contributed by atoms with Gasteiger partial charge in [-0.3, -0.25) is 0 Å². The van der Waals surface area contributed by atoms with Crippen molar-refractivity contribution in [3.05, 3.63) is 17.7 Å². The molecule has 0 saturated heterocycles. The number of nitrogens with one attached hydrogen (secondary N) is 1. The summed E-state index contributed by atoms with van der Waals surface area (Å²) in [6, 6.07) is 0.302. The smallest absolute Gasteiger partial charge is 0.356 e. The average Bonchev–Trinajstić information content (AvgIpc) is 2.70. The molecule has 0 radical (unpaired) electrons. The normalized spacial score (nSPS) is 25.9. The maximum Gasteiger partial charge on any atom is 0.356 e. The Bertz CT molecular complexity index is 502. The highest BCUT2D eigenvalue weighted by atomic mass is 16.4. The summed E-state index contributed by atoms with van der Waals surface area (Å²) in [7, 11) is 0. The number of carboxylic acid groups (broad SMARTS) is 1. The minimum absolute atomic E-state index is 0.0791. The lowest BCUT2D eigenvalue weighted by Gasteiger charge is -2.21. The molecule has 0 bridgehead atoms. The fourth-order valence-electron chi connectivity index (χ4n) is 2.71. The maximum absolute atomic E-state index is 11.4. The maximum atomic E-state index is 11.4. The Morgan fingerprint density at radius 3 is 2.60 bits per heavy atom. The second-order valence-corrected chi connectivity index (χ2v) is 6.11. The first-order chi connectivity index (χ1) is 9.40. The van der Waals surface area contributed by atoms with E-state index in [1.54, 1.807) is 6.20 Å². The highest BCUT2D eigenvalue weighted by molar-refractivity contribution is 5.91. The predicted molar refractivity (Wildman–Crippen MR) is 78.1 cm³/mol. The van der Waals surface area contributed by atoms with Gasteiger partial charge in [-0.2, -0.15) is 0 Å². The van der Waals surface area contributed by atoms with Crippen LogP contribution in [-0.4, -0.2) is 27.1 Å². The lowest BCUT2D eigenvalue weighted by molar-refractivity contribution is 0.0691. The van der Waals surface area contributed by atoms with Crippen LogP contribution >= 0.6 is 0 Å². The van der Waals surface area contributed by atoms with E-state index in [1.807, 2.05) is 13.8 Å². The third-order valence-corrected chi connectivity index (χ3v) is 4.33. The summed E-state index contributed by atoms with van der Waals surface area (Å²) in [5.74, 6) is 0.877. The van der Waals surface area contributed by atoms with Crippen molar-refractivity contribution in [3.8, 4) is 0 Å². The van der Waals surface area contributed by atoms with Crippen LogP contribution in [0.2, 0.25) is 0 Å². The fraction of sp³-hybridized carbons (Fsp3) is 0.667. The van der Waals surface area contributed by atoms with E-state index in [2.05, 4.69) is 29.1 Å². The summed E-state index contributed by atoms with van der Waals surface area (Å²) >= 11 is 0. The van der Waals surface area contributed by atoms with Crippen molar-refractivity contribution >= 4 is 11.7 Å². The molecule has 3 atom stereocenters. The quantitative estimate of drug-likeness (QED) is 0.884. The number of hydrogen-bond acceptors (Lipinski definition) is 4. The molecule has 0 aliphatic heterocycles. The SMILES string of the molecule is CC(C)c1ncc(NC2CCC(C)C2C)c(C(=O)O)n1. The van der Waals surface area contributed by atoms with Gasteiger partial charge < -0.3 is 10.4 Å². The first-order valence-corrected chi connectivity index (χ1v) is 7.27. The van der Waals surface area contributed by atoms with Gasteiger partial charge in [0.1, 0.15) is 5.82 Å². The van der Waals surface area contributed by atoms with Gasteiger partial charge in [0.15, 0.2) is 5.69 Å². The Hall–Kier alpha value is -1.65. The van der Waals surface area contributed by atoms with E-state index in [9.17, 15) is 9.90 Å². The van der Waals surface area contributed by atoms with Crippen molar-refractivity contribution < 1.29 is 9.90 Å². The third-order valence-electron chi connectivity index (χ3n) is 4.33. The number of carboxylic acids is 1. The lowest BCUT2D eigenvalue weighted by atomic mass is 9.97. The number of aromatic carboxylic acids is 1. The van der Waals surface area contributed by atoms with Gasteiger partial charge in [-0.05, 0) is 24.7 Å². The predicted octanol–water partition coefficient (Wildman–Crippen LogP) is 3.14. The van der Waals surface area contributed by atoms with Gasteiger partial charge >= 0.3 is 5.97 Å². The molecule has 1 aliphatic carbocycles. The van der Waals surface area contributed by atoms with Gasteiger partial charge in [-0.15, -0.1) is 0 Å². The summed E-state index contributed by atoms with van der Waals surface area (Å²) in [5, 5.41) is 12.7. The van der Waals surface area contributed by atoms with Crippen molar-refractivity contribution in [2.75, 3.05) is 5.32 Å². The highest BCUT2D eigenvalue weighted by Crippen LogP contribution is 2.33. The highest BCUT2D eigenvalue weighted by Gasteiger charge is 2.30. The van der Waals surface area contributed by atoms with Crippen LogP contribution < -0.4 is 5.32 Å². The monoisotopic (exact) mass is 277 g/mol. The summed E-state index contributed by atoms with van der Waals surface area (Å²) < 4.78 is 0. The van der Waals surface area contributed by atoms with E-state index in [-0.39, 0.29) is 11.6 Å². The average molecular weight is 277 g/mol. The molecule has 5 nitrogen and oxygen atoms in total. The molecule has 0 spiro atoms. The number of nitrogens with zero attached hydrogens (tertiary/aromatic N) is 2. The Kier molecular flexibility index (Phi) is 4.26. The van der Waals surface area contributed by atoms with Gasteiger partial charge in [0, 0.05) is 12.0 Å². The first-order valence-electron chi connectivity index (χ1n) is 7.27. The number of carbonyl (C=O) groups is 1. The summed E-state index contributed by atoms with van der Waals surface area (Å²) in [4.78, 5) is 19.8. The standard InChI is InChI=1S/C15H23N3O2/c1-8(2)14-16-7-12(13(18-14)15(19)20)17-11-6-5-9(3)10(11)4/h7-11,17H,5-6H2,1-4H3,(H,19,20). The fourth-order valence-corrected chi connectivity index (χ4v) is 2.71.